The number of aromatic nitrogens is 2. The Morgan fingerprint density at radius 3 is 2.76 bits per heavy atom. The van der Waals surface area contributed by atoms with Crippen molar-refractivity contribution < 1.29 is 23.6 Å². The molecule has 0 unspecified atom stereocenters. The minimum absolute atomic E-state index is 0.0833. The number of nitro benzene ring substituents is 1. The molecule has 2 heterocycles. The Labute approximate surface area is 142 Å². The second kappa shape index (κ2) is 7.26. The van der Waals surface area contributed by atoms with E-state index >= 15 is 0 Å². The van der Waals surface area contributed by atoms with Gasteiger partial charge in [-0.3, -0.25) is 10.1 Å². The van der Waals surface area contributed by atoms with Crippen molar-refractivity contribution in [2.75, 3.05) is 31.2 Å². The quantitative estimate of drug-likeness (QED) is 0.449. The zero-order chi connectivity index (χ0) is 17.8. The first-order valence-electron chi connectivity index (χ1n) is 7.62. The van der Waals surface area contributed by atoms with Crippen molar-refractivity contribution in [1.82, 2.24) is 10.2 Å². The van der Waals surface area contributed by atoms with Crippen molar-refractivity contribution in [3.05, 3.63) is 45.7 Å². The maximum atomic E-state index is 12.1. The minimum atomic E-state index is -0.701. The van der Waals surface area contributed by atoms with Crippen LogP contribution in [0.3, 0.4) is 0 Å². The monoisotopic (exact) mass is 348 g/mol. The lowest BCUT2D eigenvalue weighted by atomic mass is 10.1. The highest BCUT2D eigenvalue weighted by Crippen LogP contribution is 2.30. The maximum Gasteiger partial charge on any atom is 0.338 e. The lowest BCUT2D eigenvalue weighted by molar-refractivity contribution is -0.384. The minimum Gasteiger partial charge on any atom is -0.452 e. The number of ether oxygens (including phenoxy) is 2. The van der Waals surface area contributed by atoms with Crippen LogP contribution >= 0.6 is 0 Å². The van der Waals surface area contributed by atoms with E-state index in [0.717, 1.165) is 0 Å². The summed E-state index contributed by atoms with van der Waals surface area (Å²) in [4.78, 5) is 24.9. The van der Waals surface area contributed by atoms with Gasteiger partial charge in [0.2, 0.25) is 5.89 Å². The molecule has 1 saturated heterocycles. The third-order valence-corrected chi connectivity index (χ3v) is 3.65. The molecule has 0 saturated carbocycles. The van der Waals surface area contributed by atoms with E-state index in [0.29, 0.717) is 37.9 Å². The third-order valence-electron chi connectivity index (χ3n) is 3.65. The second-order valence-electron chi connectivity index (χ2n) is 5.35. The van der Waals surface area contributed by atoms with Gasteiger partial charge in [-0.1, -0.05) is 0 Å². The maximum absolute atomic E-state index is 12.1. The molecule has 1 aromatic heterocycles. The number of aryl methyl sites for hydroxylation is 1. The van der Waals surface area contributed by atoms with Gasteiger partial charge in [-0.05, 0) is 12.1 Å². The summed E-state index contributed by atoms with van der Waals surface area (Å²) in [5, 5.41) is 18.7. The van der Waals surface area contributed by atoms with Gasteiger partial charge in [0.1, 0.15) is 5.69 Å². The predicted molar refractivity (Wildman–Crippen MR) is 84.3 cm³/mol. The second-order valence-corrected chi connectivity index (χ2v) is 5.35. The first-order valence-corrected chi connectivity index (χ1v) is 7.62. The van der Waals surface area contributed by atoms with Crippen LogP contribution in [0.5, 0.6) is 0 Å². The van der Waals surface area contributed by atoms with Crippen LogP contribution in [0.4, 0.5) is 11.4 Å². The summed E-state index contributed by atoms with van der Waals surface area (Å²) in [7, 11) is 0. The van der Waals surface area contributed by atoms with Crippen LogP contribution in [0.2, 0.25) is 0 Å². The average Bonchev–Trinajstić information content (AvgIpc) is 3.05. The number of benzene rings is 1. The topological polar surface area (TPSA) is 121 Å². The number of carbonyl (C=O) groups excluding carboxylic acids is 1. The van der Waals surface area contributed by atoms with Crippen LogP contribution in [0.15, 0.2) is 22.6 Å². The zero-order valence-electron chi connectivity index (χ0n) is 13.5. The molecule has 1 aliphatic heterocycles. The lowest BCUT2D eigenvalue weighted by Gasteiger charge is -2.28. The first kappa shape index (κ1) is 16.8. The Balaban J connectivity index is 1.76. The molecule has 1 fully saturated rings. The van der Waals surface area contributed by atoms with Gasteiger partial charge in [0, 0.05) is 26.1 Å². The van der Waals surface area contributed by atoms with Crippen molar-refractivity contribution in [2.24, 2.45) is 0 Å². The molecule has 2 aromatic rings. The van der Waals surface area contributed by atoms with Crippen LogP contribution in [0.1, 0.15) is 22.1 Å². The van der Waals surface area contributed by atoms with Crippen LogP contribution in [0, 0.1) is 17.0 Å². The lowest BCUT2D eigenvalue weighted by Crippen LogP contribution is -2.36. The summed E-state index contributed by atoms with van der Waals surface area (Å²) in [6.07, 6.45) is 0. The molecule has 10 nitrogen and oxygen atoms in total. The summed E-state index contributed by atoms with van der Waals surface area (Å²) in [5.74, 6) is -0.186. The largest absolute Gasteiger partial charge is 0.452 e. The molecule has 0 bridgehead atoms. The van der Waals surface area contributed by atoms with Gasteiger partial charge in [-0.2, -0.15) is 0 Å². The van der Waals surface area contributed by atoms with E-state index < -0.39 is 10.9 Å². The van der Waals surface area contributed by atoms with Crippen molar-refractivity contribution in [1.29, 1.82) is 0 Å². The molecule has 0 spiro atoms. The average molecular weight is 348 g/mol. The van der Waals surface area contributed by atoms with Gasteiger partial charge < -0.3 is 18.8 Å². The number of hydrogen-bond acceptors (Lipinski definition) is 9. The number of hydrogen-bond donors (Lipinski definition) is 0. The number of esters is 1. The first-order chi connectivity index (χ1) is 12.0. The fraction of sp³-hybridized carbons (Fsp3) is 0.400. The summed E-state index contributed by atoms with van der Waals surface area (Å²) >= 11 is 0. The number of nitrogens with zero attached hydrogens (tertiary/aromatic N) is 4. The molecule has 3 rings (SSSR count). The van der Waals surface area contributed by atoms with E-state index in [-0.39, 0.29) is 23.7 Å². The van der Waals surface area contributed by atoms with Gasteiger partial charge in [0.25, 0.3) is 11.6 Å². The highest BCUT2D eigenvalue weighted by Gasteiger charge is 2.24. The van der Waals surface area contributed by atoms with E-state index in [4.69, 9.17) is 13.9 Å². The van der Waals surface area contributed by atoms with Crippen LogP contribution in [-0.4, -0.2) is 47.4 Å². The van der Waals surface area contributed by atoms with Crippen molar-refractivity contribution in [2.45, 2.75) is 13.5 Å². The summed E-state index contributed by atoms with van der Waals surface area (Å²) < 4.78 is 15.4. The van der Waals surface area contributed by atoms with Gasteiger partial charge in [-0.15, -0.1) is 10.2 Å². The highest BCUT2D eigenvalue weighted by molar-refractivity contribution is 5.91. The SMILES string of the molecule is Cc1nnc(COC(=O)c2ccc(N3CCOCC3)c([N+](=O)[O-])c2)o1. The number of morpholine rings is 1. The Hall–Kier alpha value is -3.01. The molecule has 0 aliphatic carbocycles. The van der Waals surface area contributed by atoms with Crippen LogP contribution in [0.25, 0.3) is 0 Å². The van der Waals surface area contributed by atoms with Gasteiger partial charge in [-0.25, -0.2) is 4.79 Å². The molecular formula is C15H16N4O6. The summed E-state index contributed by atoms with van der Waals surface area (Å²) in [5.41, 5.74) is 0.391. The van der Waals surface area contributed by atoms with Crippen molar-refractivity contribution in [3.63, 3.8) is 0 Å². The van der Waals surface area contributed by atoms with Crippen molar-refractivity contribution >= 4 is 17.3 Å². The van der Waals surface area contributed by atoms with Gasteiger partial charge >= 0.3 is 5.97 Å². The van der Waals surface area contributed by atoms with Crippen molar-refractivity contribution in [3.8, 4) is 0 Å². The molecular weight excluding hydrogens is 332 g/mol. The predicted octanol–water partition coefficient (Wildman–Crippen LogP) is 1.48. The summed E-state index contributed by atoms with van der Waals surface area (Å²) in [6, 6.07) is 4.27. The highest BCUT2D eigenvalue weighted by atomic mass is 16.6. The smallest absolute Gasteiger partial charge is 0.338 e. The Bertz CT molecular complexity index is 784. The molecule has 0 N–H and O–H groups in total. The molecule has 0 amide bonds. The van der Waals surface area contributed by atoms with E-state index in [1.54, 1.807) is 13.0 Å². The Morgan fingerprint density at radius 1 is 1.36 bits per heavy atom. The number of anilines is 1. The molecule has 10 heteroatoms. The zero-order valence-corrected chi connectivity index (χ0v) is 13.5. The molecule has 25 heavy (non-hydrogen) atoms. The van der Waals surface area contributed by atoms with E-state index in [2.05, 4.69) is 10.2 Å². The van der Waals surface area contributed by atoms with Gasteiger partial charge in [0.15, 0.2) is 6.61 Å². The normalized spacial score (nSPS) is 14.4. The summed E-state index contributed by atoms with van der Waals surface area (Å²) in [6.45, 7) is 3.54. The van der Waals surface area contributed by atoms with E-state index in [1.807, 2.05) is 4.90 Å². The van der Waals surface area contributed by atoms with E-state index in [1.165, 1.54) is 12.1 Å². The number of carbonyl (C=O) groups is 1. The van der Waals surface area contributed by atoms with Crippen LogP contribution in [-0.2, 0) is 16.1 Å². The van der Waals surface area contributed by atoms with Crippen LogP contribution < -0.4 is 4.90 Å². The standard InChI is InChI=1S/C15H16N4O6/c1-10-16-17-14(25-10)9-24-15(20)11-2-3-12(13(8-11)19(21)22)18-4-6-23-7-5-18/h2-3,8H,4-7,9H2,1H3. The Kier molecular flexibility index (Phi) is 4.89. The Morgan fingerprint density at radius 2 is 2.12 bits per heavy atom. The third kappa shape index (κ3) is 3.91. The molecule has 1 aromatic carbocycles. The molecule has 1 aliphatic rings. The number of nitro groups is 1. The molecule has 0 radical (unpaired) electrons. The molecule has 0 atom stereocenters. The fourth-order valence-corrected chi connectivity index (χ4v) is 2.47. The number of rotatable bonds is 5. The van der Waals surface area contributed by atoms with E-state index in [9.17, 15) is 14.9 Å². The fourth-order valence-electron chi connectivity index (χ4n) is 2.47. The van der Waals surface area contributed by atoms with Gasteiger partial charge in [0.05, 0.1) is 23.7 Å². The molecule has 132 valence electrons.